The monoisotopic (exact) mass is 513 g/mol. The van der Waals surface area contributed by atoms with Gasteiger partial charge in [0.2, 0.25) is 0 Å². The summed E-state index contributed by atoms with van der Waals surface area (Å²) in [4.78, 5) is 4.26. The molecule has 0 bridgehead atoms. The Morgan fingerprint density at radius 1 is 1.24 bits per heavy atom. The van der Waals surface area contributed by atoms with Crippen molar-refractivity contribution in [3.63, 3.8) is 0 Å². The minimum atomic E-state index is -0.209. The van der Waals surface area contributed by atoms with Gasteiger partial charge in [-0.1, -0.05) is 24.3 Å². The second-order valence-electron chi connectivity index (χ2n) is 6.95. The molecule has 0 spiro atoms. The van der Waals surface area contributed by atoms with Crippen molar-refractivity contribution in [2.24, 2.45) is 4.99 Å². The third-order valence-electron chi connectivity index (χ3n) is 4.67. The number of nitrogens with zero attached hydrogens (tertiary/aromatic N) is 1. The van der Waals surface area contributed by atoms with Crippen LogP contribution < -0.4 is 15.4 Å². The summed E-state index contributed by atoms with van der Waals surface area (Å²) in [6, 6.07) is 12.9. The average Bonchev–Trinajstić information content (AvgIpc) is 3.19. The van der Waals surface area contributed by atoms with E-state index in [-0.39, 0.29) is 35.9 Å². The highest BCUT2D eigenvalue weighted by molar-refractivity contribution is 14.0. The third kappa shape index (κ3) is 7.47. The van der Waals surface area contributed by atoms with E-state index in [0.717, 1.165) is 41.9 Å². The van der Waals surface area contributed by atoms with Gasteiger partial charge in [0, 0.05) is 32.1 Å². The van der Waals surface area contributed by atoms with Crippen molar-refractivity contribution in [1.29, 1.82) is 0 Å². The van der Waals surface area contributed by atoms with E-state index in [9.17, 15) is 4.39 Å². The first-order valence-corrected chi connectivity index (χ1v) is 9.67. The van der Waals surface area contributed by atoms with Crippen LogP contribution in [0, 0.1) is 12.7 Å². The van der Waals surface area contributed by atoms with Gasteiger partial charge in [-0.15, -0.1) is 24.0 Å². The molecule has 1 fully saturated rings. The van der Waals surface area contributed by atoms with Crippen molar-refractivity contribution >= 4 is 29.9 Å². The number of aryl methyl sites for hydroxylation is 1. The van der Waals surface area contributed by atoms with Crippen LogP contribution in [0.3, 0.4) is 0 Å². The normalized spacial score (nSPS) is 16.2. The number of benzene rings is 2. The van der Waals surface area contributed by atoms with Crippen molar-refractivity contribution in [2.45, 2.75) is 32.4 Å². The van der Waals surface area contributed by atoms with Crippen molar-refractivity contribution in [1.82, 2.24) is 10.6 Å². The number of rotatable bonds is 7. The lowest BCUT2D eigenvalue weighted by Crippen LogP contribution is -2.38. The Hall–Kier alpha value is -1.87. The highest BCUT2D eigenvalue weighted by Crippen LogP contribution is 2.23. The second-order valence-corrected chi connectivity index (χ2v) is 6.95. The summed E-state index contributed by atoms with van der Waals surface area (Å²) in [6.45, 7) is 4.72. The molecule has 29 heavy (non-hydrogen) atoms. The largest absolute Gasteiger partial charge is 0.488 e. The summed E-state index contributed by atoms with van der Waals surface area (Å²) >= 11 is 0. The van der Waals surface area contributed by atoms with E-state index in [1.165, 1.54) is 6.07 Å². The molecule has 1 heterocycles. The molecule has 2 aromatic carbocycles. The maximum atomic E-state index is 13.3. The quantitative estimate of drug-likeness (QED) is 0.336. The van der Waals surface area contributed by atoms with E-state index < -0.39 is 0 Å². The lowest BCUT2D eigenvalue weighted by atomic mass is 10.1. The first-order chi connectivity index (χ1) is 13.6. The molecule has 1 atom stereocenters. The summed E-state index contributed by atoms with van der Waals surface area (Å²) in [7, 11) is 1.74. The zero-order chi connectivity index (χ0) is 19.8. The minimum Gasteiger partial charge on any atom is -0.488 e. The fourth-order valence-electron chi connectivity index (χ4n) is 3.12. The molecule has 1 aliphatic rings. The van der Waals surface area contributed by atoms with Crippen LogP contribution in [0.15, 0.2) is 47.5 Å². The van der Waals surface area contributed by atoms with Crippen LogP contribution in [0.5, 0.6) is 5.75 Å². The molecule has 5 nitrogen and oxygen atoms in total. The van der Waals surface area contributed by atoms with E-state index in [1.807, 2.05) is 6.07 Å². The fourth-order valence-corrected chi connectivity index (χ4v) is 3.12. The molecule has 0 aliphatic carbocycles. The van der Waals surface area contributed by atoms with E-state index in [2.05, 4.69) is 40.7 Å². The number of halogens is 2. The van der Waals surface area contributed by atoms with Gasteiger partial charge in [-0.25, -0.2) is 4.39 Å². The molecule has 0 saturated carbocycles. The van der Waals surface area contributed by atoms with Gasteiger partial charge in [0.15, 0.2) is 5.96 Å². The number of hydrogen-bond donors (Lipinski definition) is 2. The van der Waals surface area contributed by atoms with Gasteiger partial charge in [0.1, 0.15) is 17.7 Å². The summed E-state index contributed by atoms with van der Waals surface area (Å²) < 4.78 is 24.8. The summed E-state index contributed by atoms with van der Waals surface area (Å²) in [6.07, 6.45) is 1.76. The Morgan fingerprint density at radius 2 is 2.10 bits per heavy atom. The van der Waals surface area contributed by atoms with Crippen LogP contribution in [0.25, 0.3) is 0 Å². The highest BCUT2D eigenvalue weighted by Gasteiger charge is 2.18. The first kappa shape index (κ1) is 23.4. The van der Waals surface area contributed by atoms with Gasteiger partial charge in [-0.3, -0.25) is 4.99 Å². The van der Waals surface area contributed by atoms with Crippen molar-refractivity contribution in [3.05, 3.63) is 65.0 Å². The zero-order valence-electron chi connectivity index (χ0n) is 16.9. The van der Waals surface area contributed by atoms with Gasteiger partial charge >= 0.3 is 0 Å². The smallest absolute Gasteiger partial charge is 0.191 e. The van der Waals surface area contributed by atoms with Crippen LogP contribution in [-0.4, -0.2) is 38.9 Å². The molecule has 7 heteroatoms. The molecule has 0 radical (unpaired) electrons. The van der Waals surface area contributed by atoms with Gasteiger partial charge in [-0.2, -0.15) is 0 Å². The van der Waals surface area contributed by atoms with E-state index >= 15 is 0 Å². The van der Waals surface area contributed by atoms with Crippen molar-refractivity contribution in [2.75, 3.05) is 26.8 Å². The highest BCUT2D eigenvalue weighted by atomic mass is 127. The molecule has 2 aromatic rings. The number of nitrogens with one attached hydrogen (secondary N) is 2. The Morgan fingerprint density at radius 3 is 2.83 bits per heavy atom. The fraction of sp³-hybridized carbons (Fsp3) is 0.409. The molecule has 0 amide bonds. The molecule has 158 valence electrons. The Kier molecular flexibility index (Phi) is 9.66. The number of ether oxygens (including phenoxy) is 2. The van der Waals surface area contributed by atoms with Gasteiger partial charge in [0.25, 0.3) is 0 Å². The standard InChI is InChI=1S/C22H28FN3O2.HI/c1-16-6-7-18(21(12-16)28-20-9-11-27-15-20)14-26-22(24-2)25-10-8-17-4-3-5-19(23)13-17;/h3-7,12-13,20H,8-11,14-15H2,1-2H3,(H2,24,25,26);1H. The topological polar surface area (TPSA) is 54.9 Å². The van der Waals surface area contributed by atoms with Gasteiger partial charge in [0.05, 0.1) is 13.2 Å². The minimum absolute atomic E-state index is 0. The van der Waals surface area contributed by atoms with Crippen LogP contribution >= 0.6 is 24.0 Å². The van der Waals surface area contributed by atoms with E-state index in [4.69, 9.17) is 9.47 Å². The summed E-state index contributed by atoms with van der Waals surface area (Å²) in [5.74, 6) is 1.38. The first-order valence-electron chi connectivity index (χ1n) is 9.67. The molecular weight excluding hydrogens is 484 g/mol. The summed E-state index contributed by atoms with van der Waals surface area (Å²) in [5.41, 5.74) is 3.19. The SMILES string of the molecule is CN=C(NCCc1cccc(F)c1)NCc1ccc(C)cc1OC1CCOC1.I. The Labute approximate surface area is 189 Å². The molecule has 1 unspecified atom stereocenters. The van der Waals surface area contributed by atoms with Crippen LogP contribution in [0.4, 0.5) is 4.39 Å². The van der Waals surface area contributed by atoms with Crippen molar-refractivity contribution < 1.29 is 13.9 Å². The van der Waals surface area contributed by atoms with Crippen molar-refractivity contribution in [3.8, 4) is 5.75 Å². The predicted octanol–water partition coefficient (Wildman–Crippen LogP) is 3.83. The average molecular weight is 513 g/mol. The third-order valence-corrected chi connectivity index (χ3v) is 4.67. The van der Waals surface area contributed by atoms with Crippen LogP contribution in [0.1, 0.15) is 23.1 Å². The number of hydrogen-bond acceptors (Lipinski definition) is 3. The van der Waals surface area contributed by atoms with Crippen LogP contribution in [-0.2, 0) is 17.7 Å². The molecule has 1 saturated heterocycles. The Balaban J connectivity index is 0.00000300. The van der Waals surface area contributed by atoms with Gasteiger partial charge < -0.3 is 20.1 Å². The maximum absolute atomic E-state index is 13.3. The molecule has 2 N–H and O–H groups in total. The summed E-state index contributed by atoms with van der Waals surface area (Å²) in [5, 5.41) is 6.59. The lowest BCUT2D eigenvalue weighted by molar-refractivity contribution is 0.140. The maximum Gasteiger partial charge on any atom is 0.191 e. The van der Waals surface area contributed by atoms with Crippen LogP contribution in [0.2, 0.25) is 0 Å². The Bertz CT molecular complexity index is 810. The molecule has 1 aliphatic heterocycles. The molecular formula is C22H29FIN3O2. The lowest BCUT2D eigenvalue weighted by Gasteiger charge is -2.18. The number of aliphatic imine (C=N–C) groups is 1. The second kappa shape index (κ2) is 12.0. The van der Waals surface area contributed by atoms with E-state index in [0.29, 0.717) is 25.7 Å². The molecule has 3 rings (SSSR count). The predicted molar refractivity (Wildman–Crippen MR) is 125 cm³/mol. The van der Waals surface area contributed by atoms with Gasteiger partial charge in [-0.05, 0) is 42.7 Å². The number of guanidine groups is 1. The van der Waals surface area contributed by atoms with E-state index in [1.54, 1.807) is 19.2 Å². The zero-order valence-corrected chi connectivity index (χ0v) is 19.2. The molecule has 0 aromatic heterocycles.